The summed E-state index contributed by atoms with van der Waals surface area (Å²) in [7, 11) is -3.87. The van der Waals surface area contributed by atoms with Gasteiger partial charge in [-0.2, -0.15) is 0 Å². The van der Waals surface area contributed by atoms with Crippen LogP contribution in [-0.2, 0) is 46.8 Å². The highest BCUT2D eigenvalue weighted by molar-refractivity contribution is 7.90. The topological polar surface area (TPSA) is 150 Å². The van der Waals surface area contributed by atoms with Crippen LogP contribution in [0.15, 0.2) is 61.2 Å². The van der Waals surface area contributed by atoms with E-state index in [1.807, 2.05) is 74.2 Å². The molecule has 0 aromatic heterocycles. The Hall–Kier alpha value is -4.52. The van der Waals surface area contributed by atoms with Gasteiger partial charge in [-0.1, -0.05) is 63.2 Å². The van der Waals surface area contributed by atoms with Crippen molar-refractivity contribution < 1.29 is 37.1 Å². The molecule has 5 aliphatic rings. The zero-order chi connectivity index (χ0) is 40.0. The lowest BCUT2D eigenvalue weighted by atomic mass is 9.77. The summed E-state index contributed by atoms with van der Waals surface area (Å²) in [5.74, 6) is -2.88. The molecule has 4 fully saturated rings. The molecule has 0 unspecified atom stereocenters. The van der Waals surface area contributed by atoms with E-state index < -0.39 is 73.8 Å². The number of benzene rings is 2. The van der Waals surface area contributed by atoms with Gasteiger partial charge in [0.25, 0.3) is 0 Å². The van der Waals surface area contributed by atoms with Gasteiger partial charge in [-0.25, -0.2) is 18.1 Å². The van der Waals surface area contributed by atoms with E-state index in [1.165, 1.54) is 4.90 Å². The van der Waals surface area contributed by atoms with Crippen molar-refractivity contribution in [1.82, 2.24) is 14.5 Å². The van der Waals surface area contributed by atoms with Crippen molar-refractivity contribution in [3.05, 3.63) is 72.3 Å². The zero-order valence-corrected chi connectivity index (χ0v) is 33.5. The number of aryl methyl sites for hydroxylation is 2. The van der Waals surface area contributed by atoms with E-state index in [-0.39, 0.29) is 38.1 Å². The second kappa shape index (κ2) is 15.4. The van der Waals surface area contributed by atoms with Gasteiger partial charge in [0.15, 0.2) is 5.78 Å². The van der Waals surface area contributed by atoms with Gasteiger partial charge in [0.05, 0.1) is 40.5 Å². The lowest BCUT2D eigenvalue weighted by molar-refractivity contribution is -0.148. The number of ketones is 1. The first-order valence-electron chi connectivity index (χ1n) is 20.1. The van der Waals surface area contributed by atoms with Gasteiger partial charge in [0.1, 0.15) is 6.10 Å². The molecule has 13 heteroatoms. The summed E-state index contributed by atoms with van der Waals surface area (Å²) in [4.78, 5) is 75.8. The molecule has 56 heavy (non-hydrogen) atoms. The van der Waals surface area contributed by atoms with Crippen LogP contribution in [0.4, 0.5) is 16.2 Å². The first-order chi connectivity index (χ1) is 26.6. The van der Waals surface area contributed by atoms with Crippen molar-refractivity contribution in [2.24, 2.45) is 22.7 Å². The summed E-state index contributed by atoms with van der Waals surface area (Å²) >= 11 is 0. The summed E-state index contributed by atoms with van der Waals surface area (Å²) < 4.78 is 34.1. The second-order valence-corrected chi connectivity index (χ2v) is 19.4. The van der Waals surface area contributed by atoms with Gasteiger partial charge in [-0.3, -0.25) is 23.9 Å². The number of allylic oxidation sites excluding steroid dienone is 1. The first kappa shape index (κ1) is 39.7. The number of likely N-dealkylation sites (tertiary alicyclic amines) is 2. The van der Waals surface area contributed by atoms with Crippen molar-refractivity contribution in [3.63, 3.8) is 0 Å². The van der Waals surface area contributed by atoms with E-state index in [0.717, 1.165) is 43.2 Å². The Morgan fingerprint density at radius 1 is 0.946 bits per heavy atom. The number of rotatable bonds is 11. The van der Waals surface area contributed by atoms with E-state index in [2.05, 4.69) is 11.3 Å². The maximum Gasteiger partial charge on any atom is 0.419 e. The summed E-state index contributed by atoms with van der Waals surface area (Å²) in [6.07, 6.45) is 5.21. The van der Waals surface area contributed by atoms with E-state index in [9.17, 15) is 32.4 Å². The molecular weight excluding hydrogens is 733 g/mol. The molecule has 0 radical (unpaired) electrons. The Kier molecular flexibility index (Phi) is 10.9. The summed E-state index contributed by atoms with van der Waals surface area (Å²) in [5.41, 5.74) is 1.38. The van der Waals surface area contributed by atoms with Crippen LogP contribution >= 0.6 is 0 Å². The fourth-order valence-corrected chi connectivity index (χ4v) is 10.2. The zero-order valence-electron chi connectivity index (χ0n) is 32.7. The van der Waals surface area contributed by atoms with Crippen LogP contribution in [-0.4, -0.2) is 84.8 Å². The van der Waals surface area contributed by atoms with Crippen molar-refractivity contribution in [2.45, 2.75) is 109 Å². The Balaban J connectivity index is 1.17. The SMILES string of the molecule is C=C[C@@H]1C[C@]1(CC(=O)[C@@H]1C[C@@H](OC(=O)N2c3ccccc3CCc3ccccc32)CN1C(=O)[C@@H](CC(=O)N1CCCCC1)C(C)(C)C)C(=O)NS(=O)(=O)C1CC1. The van der Waals surface area contributed by atoms with Gasteiger partial charge >= 0.3 is 6.09 Å². The highest BCUT2D eigenvalue weighted by Crippen LogP contribution is 2.57. The predicted molar refractivity (Wildman–Crippen MR) is 211 cm³/mol. The molecule has 0 bridgehead atoms. The minimum absolute atomic E-state index is 0.0127. The van der Waals surface area contributed by atoms with Crippen molar-refractivity contribution in [2.75, 3.05) is 24.5 Å². The Labute approximate surface area is 330 Å². The number of fused-ring (bicyclic) bond motifs is 2. The lowest BCUT2D eigenvalue weighted by Crippen LogP contribution is -2.49. The number of carbonyl (C=O) groups excluding carboxylic acids is 5. The van der Waals surface area contributed by atoms with E-state index >= 15 is 0 Å². The fraction of sp³-hybridized carbons (Fsp3) is 0.558. The van der Waals surface area contributed by atoms with Crippen LogP contribution in [0.3, 0.4) is 0 Å². The Morgan fingerprint density at radius 2 is 1.55 bits per heavy atom. The van der Waals surface area contributed by atoms with Crippen LogP contribution in [0.2, 0.25) is 0 Å². The van der Waals surface area contributed by atoms with Crippen LogP contribution in [0.5, 0.6) is 0 Å². The number of nitrogens with zero attached hydrogens (tertiary/aromatic N) is 3. The van der Waals surface area contributed by atoms with Crippen molar-refractivity contribution in [1.29, 1.82) is 0 Å². The second-order valence-electron chi connectivity index (χ2n) is 17.4. The van der Waals surface area contributed by atoms with Gasteiger partial charge in [0.2, 0.25) is 27.7 Å². The number of hydrogen-bond acceptors (Lipinski definition) is 8. The molecule has 2 aromatic rings. The number of Topliss-reactive ketones (excluding diaryl/α,β-unsaturated/α-hetero) is 1. The average Bonchev–Trinajstić information content (AvgIpc) is 4.10. The number of piperidine rings is 1. The van der Waals surface area contributed by atoms with Crippen molar-refractivity contribution in [3.8, 4) is 0 Å². The number of nitrogens with one attached hydrogen (secondary N) is 1. The number of amides is 4. The molecule has 3 heterocycles. The molecule has 5 atom stereocenters. The minimum Gasteiger partial charge on any atom is -0.444 e. The number of hydrogen-bond donors (Lipinski definition) is 1. The third kappa shape index (κ3) is 8.01. The minimum atomic E-state index is -3.87. The number of sulfonamides is 1. The first-order valence-corrected chi connectivity index (χ1v) is 21.6. The molecule has 2 saturated carbocycles. The third-order valence-corrected chi connectivity index (χ3v) is 14.3. The van der Waals surface area contributed by atoms with E-state index in [0.29, 0.717) is 37.3 Å². The molecule has 2 saturated heterocycles. The quantitative estimate of drug-likeness (QED) is 0.279. The summed E-state index contributed by atoms with van der Waals surface area (Å²) in [6.45, 7) is 10.7. The monoisotopic (exact) mass is 786 g/mol. The summed E-state index contributed by atoms with van der Waals surface area (Å²) in [5, 5.41) is -0.622. The standard InChI is InChI=1S/C43H54N4O8S/c1-5-30-25-43(30,40(51)44-56(53,54)32-19-20-32)26-37(48)36-23-31(27-46(36)39(50)33(42(2,3)4)24-38(49)45-21-11-6-12-22-45)55-41(52)47-34-15-9-7-13-28(34)17-18-29-14-8-10-16-35(29)47/h5,7-10,13-16,30-33,36H,1,6,11-12,17-27H2,2-4H3,(H,44,51)/t30-,31-,33-,36+,43-/m1/s1. The number of anilines is 2. The van der Waals surface area contributed by atoms with Crippen LogP contribution in [0, 0.1) is 22.7 Å². The smallest absolute Gasteiger partial charge is 0.419 e. The largest absolute Gasteiger partial charge is 0.444 e. The molecule has 0 spiro atoms. The molecule has 3 aliphatic heterocycles. The maximum atomic E-state index is 14.8. The molecule has 1 N–H and O–H groups in total. The van der Waals surface area contributed by atoms with Crippen LogP contribution in [0.25, 0.3) is 0 Å². The van der Waals surface area contributed by atoms with Gasteiger partial charge in [-0.05, 0) is 86.0 Å². The molecular formula is C43H54N4O8S. The number of carbonyl (C=O) groups is 5. The average molecular weight is 787 g/mol. The van der Waals surface area contributed by atoms with E-state index in [1.54, 1.807) is 11.0 Å². The Morgan fingerprint density at radius 3 is 2.11 bits per heavy atom. The van der Waals surface area contributed by atoms with Gasteiger partial charge in [0, 0.05) is 32.4 Å². The third-order valence-electron chi connectivity index (χ3n) is 12.5. The fourth-order valence-electron chi connectivity index (χ4n) is 8.82. The normalized spacial score (nSPS) is 25.3. The molecule has 12 nitrogen and oxygen atoms in total. The predicted octanol–water partition coefficient (Wildman–Crippen LogP) is 5.85. The summed E-state index contributed by atoms with van der Waals surface area (Å²) in [6, 6.07) is 14.3. The van der Waals surface area contributed by atoms with Crippen LogP contribution < -0.4 is 9.62 Å². The number of ether oxygens (including phenoxy) is 1. The molecule has 7 rings (SSSR count). The van der Waals surface area contributed by atoms with E-state index in [4.69, 9.17) is 4.74 Å². The van der Waals surface area contributed by atoms with Crippen molar-refractivity contribution >= 4 is 51.0 Å². The van der Waals surface area contributed by atoms with Gasteiger partial charge < -0.3 is 14.5 Å². The Bertz CT molecular complexity index is 1970. The van der Waals surface area contributed by atoms with Crippen LogP contribution in [0.1, 0.15) is 89.7 Å². The highest BCUT2D eigenvalue weighted by Gasteiger charge is 2.61. The highest BCUT2D eigenvalue weighted by atomic mass is 32.2. The molecule has 300 valence electrons. The molecule has 2 aromatic carbocycles. The molecule has 2 aliphatic carbocycles. The molecule has 4 amide bonds. The number of para-hydroxylation sites is 2. The maximum absolute atomic E-state index is 14.8. The van der Waals surface area contributed by atoms with Gasteiger partial charge in [-0.15, -0.1) is 6.58 Å². The lowest BCUT2D eigenvalue weighted by Gasteiger charge is -2.36.